The van der Waals surface area contributed by atoms with E-state index in [4.69, 9.17) is 0 Å². The summed E-state index contributed by atoms with van der Waals surface area (Å²) in [5.41, 5.74) is 2.50. The molecular weight excluding hydrogens is 184 g/mol. The van der Waals surface area contributed by atoms with Gasteiger partial charge in [0.2, 0.25) is 0 Å². The average molecular weight is 204 g/mol. The first-order valence-electron chi connectivity index (χ1n) is 5.57. The third-order valence-electron chi connectivity index (χ3n) is 2.87. The standard InChI is InChI=1S/C14H20O/c1-11(2)13-9-8-12(3)6-4-5-7-14(15)10-13/h4-5,8,13H,1,6-7,9-10H2,2-3H3/b5-4-,12-8-/t13-/m1/s1. The third kappa shape index (κ3) is 4.28. The molecule has 0 fully saturated rings. The lowest BCUT2D eigenvalue weighted by Gasteiger charge is -2.15. The Morgan fingerprint density at radius 3 is 2.73 bits per heavy atom. The Hall–Kier alpha value is -1.11. The van der Waals surface area contributed by atoms with Crippen molar-refractivity contribution in [3.63, 3.8) is 0 Å². The summed E-state index contributed by atoms with van der Waals surface area (Å²) >= 11 is 0. The molecule has 1 nitrogen and oxygen atoms in total. The highest BCUT2D eigenvalue weighted by Crippen LogP contribution is 2.21. The van der Waals surface area contributed by atoms with E-state index in [0.717, 1.165) is 18.4 Å². The van der Waals surface area contributed by atoms with Gasteiger partial charge in [-0.25, -0.2) is 0 Å². The van der Waals surface area contributed by atoms with E-state index in [0.29, 0.717) is 24.5 Å². The highest BCUT2D eigenvalue weighted by Gasteiger charge is 2.13. The molecule has 0 N–H and O–H groups in total. The van der Waals surface area contributed by atoms with Crippen molar-refractivity contribution in [3.8, 4) is 0 Å². The molecule has 1 rings (SSSR count). The SMILES string of the molecule is C=C(C)[C@@H]1C/C=C(/C)C/C=C\CC(=O)C1. The maximum absolute atomic E-state index is 11.6. The highest BCUT2D eigenvalue weighted by atomic mass is 16.1. The van der Waals surface area contributed by atoms with Gasteiger partial charge in [-0.3, -0.25) is 4.79 Å². The Balaban J connectivity index is 2.75. The van der Waals surface area contributed by atoms with E-state index >= 15 is 0 Å². The van der Waals surface area contributed by atoms with E-state index < -0.39 is 0 Å². The predicted molar refractivity (Wildman–Crippen MR) is 64.7 cm³/mol. The van der Waals surface area contributed by atoms with Crippen molar-refractivity contribution in [3.05, 3.63) is 36.0 Å². The number of rotatable bonds is 1. The summed E-state index contributed by atoms with van der Waals surface area (Å²) in [6, 6.07) is 0. The van der Waals surface area contributed by atoms with Gasteiger partial charge in [-0.1, -0.05) is 36.0 Å². The van der Waals surface area contributed by atoms with Crippen LogP contribution >= 0.6 is 0 Å². The molecule has 0 aliphatic heterocycles. The second-order valence-corrected chi connectivity index (χ2v) is 4.45. The van der Waals surface area contributed by atoms with Crippen molar-refractivity contribution in [1.82, 2.24) is 0 Å². The summed E-state index contributed by atoms with van der Waals surface area (Å²) in [4.78, 5) is 11.6. The Bertz CT molecular complexity index is 307. The van der Waals surface area contributed by atoms with Crippen LogP contribution < -0.4 is 0 Å². The van der Waals surface area contributed by atoms with Crippen LogP contribution in [0.3, 0.4) is 0 Å². The van der Waals surface area contributed by atoms with Gasteiger partial charge in [0.15, 0.2) is 0 Å². The summed E-state index contributed by atoms with van der Waals surface area (Å²) in [6.07, 6.45) is 9.46. The molecule has 1 aliphatic carbocycles. The van der Waals surface area contributed by atoms with Gasteiger partial charge in [0.25, 0.3) is 0 Å². The molecular formula is C14H20O. The second kappa shape index (κ2) is 5.69. The van der Waals surface area contributed by atoms with Crippen LogP contribution in [0.15, 0.2) is 36.0 Å². The molecule has 0 saturated heterocycles. The van der Waals surface area contributed by atoms with Crippen molar-refractivity contribution in [2.45, 2.75) is 39.5 Å². The lowest BCUT2D eigenvalue weighted by Crippen LogP contribution is -2.08. The van der Waals surface area contributed by atoms with Gasteiger partial charge in [-0.2, -0.15) is 0 Å². The molecule has 0 radical (unpaired) electrons. The topological polar surface area (TPSA) is 17.1 Å². The number of Topliss-reactive ketones (excluding diaryl/α,β-unsaturated/α-hetero) is 1. The second-order valence-electron chi connectivity index (χ2n) is 4.45. The van der Waals surface area contributed by atoms with Crippen LogP contribution in [0.5, 0.6) is 0 Å². The zero-order valence-corrected chi connectivity index (χ0v) is 9.75. The van der Waals surface area contributed by atoms with E-state index in [-0.39, 0.29) is 0 Å². The molecule has 1 aliphatic rings. The Kier molecular flexibility index (Phi) is 4.54. The van der Waals surface area contributed by atoms with Crippen LogP contribution in [0.2, 0.25) is 0 Å². The number of carbonyl (C=O) groups excluding carboxylic acids is 1. The van der Waals surface area contributed by atoms with Crippen molar-refractivity contribution >= 4 is 5.78 Å². The summed E-state index contributed by atoms with van der Waals surface area (Å²) in [6.45, 7) is 8.12. The molecule has 15 heavy (non-hydrogen) atoms. The minimum atomic E-state index is 0.326. The normalized spacial score (nSPS) is 29.1. The fourth-order valence-electron chi connectivity index (χ4n) is 1.73. The average Bonchev–Trinajstić information content (AvgIpc) is 2.18. The molecule has 0 spiro atoms. The number of carbonyl (C=O) groups is 1. The van der Waals surface area contributed by atoms with Crippen molar-refractivity contribution in [2.24, 2.45) is 5.92 Å². The smallest absolute Gasteiger partial charge is 0.137 e. The van der Waals surface area contributed by atoms with Crippen LogP contribution in [0.25, 0.3) is 0 Å². The van der Waals surface area contributed by atoms with Gasteiger partial charge < -0.3 is 0 Å². The first-order chi connectivity index (χ1) is 7.09. The lowest BCUT2D eigenvalue weighted by molar-refractivity contribution is -0.118. The highest BCUT2D eigenvalue weighted by molar-refractivity contribution is 5.80. The quantitative estimate of drug-likeness (QED) is 0.593. The van der Waals surface area contributed by atoms with Gasteiger partial charge in [0.1, 0.15) is 5.78 Å². The molecule has 0 saturated carbocycles. The third-order valence-corrected chi connectivity index (χ3v) is 2.87. The van der Waals surface area contributed by atoms with Crippen LogP contribution in [0.1, 0.15) is 39.5 Å². The number of ketones is 1. The van der Waals surface area contributed by atoms with Gasteiger partial charge >= 0.3 is 0 Å². The summed E-state index contributed by atoms with van der Waals surface area (Å²) in [5.74, 6) is 0.658. The predicted octanol–water partition coefficient (Wildman–Crippen LogP) is 3.82. The first-order valence-corrected chi connectivity index (χ1v) is 5.57. The van der Waals surface area contributed by atoms with E-state index in [2.05, 4.69) is 25.7 Å². The molecule has 0 bridgehead atoms. The summed E-state index contributed by atoms with van der Waals surface area (Å²) in [5, 5.41) is 0. The number of hydrogen-bond acceptors (Lipinski definition) is 1. The Morgan fingerprint density at radius 2 is 2.07 bits per heavy atom. The van der Waals surface area contributed by atoms with Gasteiger partial charge in [-0.15, -0.1) is 0 Å². The van der Waals surface area contributed by atoms with Crippen LogP contribution in [0, 0.1) is 5.92 Å². The Morgan fingerprint density at radius 1 is 1.40 bits per heavy atom. The first kappa shape index (κ1) is 12.0. The molecule has 1 heteroatoms. The fourth-order valence-corrected chi connectivity index (χ4v) is 1.73. The molecule has 82 valence electrons. The maximum atomic E-state index is 11.6. The van der Waals surface area contributed by atoms with Crippen molar-refractivity contribution < 1.29 is 4.79 Å². The molecule has 0 heterocycles. The maximum Gasteiger partial charge on any atom is 0.137 e. The van der Waals surface area contributed by atoms with Crippen LogP contribution in [0.4, 0.5) is 0 Å². The lowest BCUT2D eigenvalue weighted by atomic mass is 9.90. The van der Waals surface area contributed by atoms with Crippen molar-refractivity contribution in [1.29, 1.82) is 0 Å². The van der Waals surface area contributed by atoms with Gasteiger partial charge in [0, 0.05) is 12.8 Å². The minimum Gasteiger partial charge on any atom is -0.299 e. The fraction of sp³-hybridized carbons (Fsp3) is 0.500. The zero-order valence-electron chi connectivity index (χ0n) is 9.75. The number of hydrogen-bond donors (Lipinski definition) is 0. The molecule has 0 aromatic carbocycles. The summed E-state index contributed by atoms with van der Waals surface area (Å²) in [7, 11) is 0. The van der Waals surface area contributed by atoms with E-state index in [1.165, 1.54) is 5.57 Å². The van der Waals surface area contributed by atoms with E-state index in [9.17, 15) is 4.79 Å². The molecule has 0 amide bonds. The van der Waals surface area contributed by atoms with Crippen molar-refractivity contribution in [2.75, 3.05) is 0 Å². The van der Waals surface area contributed by atoms with Gasteiger partial charge in [0.05, 0.1) is 0 Å². The van der Waals surface area contributed by atoms with E-state index in [1.54, 1.807) is 0 Å². The largest absolute Gasteiger partial charge is 0.299 e. The monoisotopic (exact) mass is 204 g/mol. The van der Waals surface area contributed by atoms with Crippen LogP contribution in [-0.4, -0.2) is 5.78 Å². The summed E-state index contributed by atoms with van der Waals surface area (Å²) < 4.78 is 0. The zero-order chi connectivity index (χ0) is 11.3. The van der Waals surface area contributed by atoms with E-state index in [1.807, 2.05) is 13.0 Å². The number of allylic oxidation sites excluding steroid dienone is 5. The molecule has 0 aromatic rings. The molecule has 0 aromatic heterocycles. The minimum absolute atomic E-state index is 0.326. The molecule has 0 unspecified atom stereocenters. The van der Waals surface area contributed by atoms with Crippen LogP contribution in [-0.2, 0) is 4.79 Å². The van der Waals surface area contributed by atoms with Gasteiger partial charge in [-0.05, 0) is 32.6 Å². The molecule has 1 atom stereocenters. The Labute approximate surface area is 92.6 Å².